The second-order valence-electron chi connectivity index (χ2n) is 3.66. The van der Waals surface area contributed by atoms with Crippen molar-refractivity contribution in [1.82, 2.24) is 9.97 Å². The molecule has 0 radical (unpaired) electrons. The van der Waals surface area contributed by atoms with Gasteiger partial charge in [-0.3, -0.25) is 4.79 Å². The Kier molecular flexibility index (Phi) is 3.74. The van der Waals surface area contributed by atoms with Gasteiger partial charge in [-0.15, -0.1) is 0 Å². The van der Waals surface area contributed by atoms with Crippen molar-refractivity contribution < 1.29 is 4.79 Å². The van der Waals surface area contributed by atoms with E-state index in [1.807, 2.05) is 13.0 Å². The predicted octanol–water partition coefficient (Wildman–Crippen LogP) is 2.12. The molecule has 3 nitrogen and oxygen atoms in total. The molecule has 0 spiro atoms. The minimum Gasteiger partial charge on any atom is -0.299 e. The third-order valence-electron chi connectivity index (χ3n) is 2.11. The maximum absolute atomic E-state index is 11.2. The molecule has 0 aliphatic rings. The standard InChI is InChI=1S/C11H16N2O/c1-4-10(14)5-9-6-11(8(2)3)13-7-12-9/h6-8H,4-5H2,1-3H3. The van der Waals surface area contributed by atoms with Gasteiger partial charge in [-0.05, 0) is 12.0 Å². The predicted molar refractivity (Wildman–Crippen MR) is 55.1 cm³/mol. The van der Waals surface area contributed by atoms with E-state index >= 15 is 0 Å². The van der Waals surface area contributed by atoms with E-state index in [4.69, 9.17) is 0 Å². The molecule has 0 aliphatic heterocycles. The number of carbonyl (C=O) groups is 1. The number of ketones is 1. The minimum absolute atomic E-state index is 0.221. The van der Waals surface area contributed by atoms with Crippen LogP contribution in [-0.4, -0.2) is 15.8 Å². The highest BCUT2D eigenvalue weighted by molar-refractivity contribution is 5.80. The second-order valence-corrected chi connectivity index (χ2v) is 3.66. The van der Waals surface area contributed by atoms with Crippen LogP contribution in [0, 0.1) is 0 Å². The van der Waals surface area contributed by atoms with E-state index in [9.17, 15) is 4.79 Å². The average Bonchev–Trinajstić information content (AvgIpc) is 2.18. The van der Waals surface area contributed by atoms with Crippen molar-refractivity contribution in [3.63, 3.8) is 0 Å². The number of aromatic nitrogens is 2. The van der Waals surface area contributed by atoms with Gasteiger partial charge in [0.05, 0.1) is 5.69 Å². The third-order valence-corrected chi connectivity index (χ3v) is 2.11. The van der Waals surface area contributed by atoms with Gasteiger partial charge < -0.3 is 0 Å². The maximum Gasteiger partial charge on any atom is 0.138 e. The molecule has 0 saturated heterocycles. The van der Waals surface area contributed by atoms with E-state index in [0.29, 0.717) is 18.8 Å². The SMILES string of the molecule is CCC(=O)Cc1cc(C(C)C)ncn1. The van der Waals surface area contributed by atoms with E-state index in [1.165, 1.54) is 6.33 Å². The van der Waals surface area contributed by atoms with Crippen molar-refractivity contribution in [1.29, 1.82) is 0 Å². The molecule has 0 fully saturated rings. The van der Waals surface area contributed by atoms with Crippen LogP contribution in [0.5, 0.6) is 0 Å². The van der Waals surface area contributed by atoms with Crippen LogP contribution in [0.25, 0.3) is 0 Å². The van der Waals surface area contributed by atoms with Gasteiger partial charge in [0.25, 0.3) is 0 Å². The van der Waals surface area contributed by atoms with E-state index in [1.54, 1.807) is 0 Å². The Hall–Kier alpha value is -1.25. The summed E-state index contributed by atoms with van der Waals surface area (Å²) in [6.07, 6.45) is 2.54. The van der Waals surface area contributed by atoms with Crippen LogP contribution in [0.1, 0.15) is 44.5 Å². The van der Waals surface area contributed by atoms with Crippen molar-refractivity contribution in [2.45, 2.75) is 39.5 Å². The summed E-state index contributed by atoms with van der Waals surface area (Å²) in [5, 5.41) is 0. The molecule has 76 valence electrons. The minimum atomic E-state index is 0.221. The number of Topliss-reactive ketones (excluding diaryl/α,β-unsaturated/α-hetero) is 1. The summed E-state index contributed by atoms with van der Waals surface area (Å²) in [6.45, 7) is 6.02. The van der Waals surface area contributed by atoms with Crippen molar-refractivity contribution in [3.8, 4) is 0 Å². The molecule has 0 amide bonds. The molecule has 0 bridgehead atoms. The van der Waals surface area contributed by atoms with Crippen molar-refractivity contribution >= 4 is 5.78 Å². The Balaban J connectivity index is 2.78. The van der Waals surface area contributed by atoms with Crippen LogP contribution in [0.4, 0.5) is 0 Å². The summed E-state index contributed by atoms with van der Waals surface area (Å²) in [5.41, 5.74) is 1.83. The highest BCUT2D eigenvalue weighted by Crippen LogP contribution is 2.11. The number of rotatable bonds is 4. The summed E-state index contributed by atoms with van der Waals surface area (Å²) in [7, 11) is 0. The topological polar surface area (TPSA) is 42.9 Å². The van der Waals surface area contributed by atoms with Crippen LogP contribution in [0.2, 0.25) is 0 Å². The smallest absolute Gasteiger partial charge is 0.138 e. The fourth-order valence-corrected chi connectivity index (χ4v) is 1.15. The molecule has 0 atom stereocenters. The molecule has 0 aromatic carbocycles. The van der Waals surface area contributed by atoms with Gasteiger partial charge in [0.2, 0.25) is 0 Å². The van der Waals surface area contributed by atoms with Gasteiger partial charge in [0.15, 0.2) is 0 Å². The van der Waals surface area contributed by atoms with Crippen LogP contribution >= 0.6 is 0 Å². The molecule has 3 heteroatoms. The Morgan fingerprint density at radius 2 is 2.14 bits per heavy atom. The quantitative estimate of drug-likeness (QED) is 0.733. The van der Waals surface area contributed by atoms with E-state index in [-0.39, 0.29) is 5.78 Å². The fourth-order valence-electron chi connectivity index (χ4n) is 1.15. The molecule has 0 saturated carbocycles. The molecular formula is C11H16N2O. The Morgan fingerprint density at radius 3 is 2.71 bits per heavy atom. The molecule has 0 aliphatic carbocycles. The Labute approximate surface area is 84.6 Å². The summed E-state index contributed by atoms with van der Waals surface area (Å²) in [6, 6.07) is 1.91. The number of hydrogen-bond donors (Lipinski definition) is 0. The molecular weight excluding hydrogens is 176 g/mol. The van der Waals surface area contributed by atoms with Gasteiger partial charge in [0.1, 0.15) is 12.1 Å². The van der Waals surface area contributed by atoms with Crippen LogP contribution in [0.15, 0.2) is 12.4 Å². The van der Waals surface area contributed by atoms with Gasteiger partial charge in [0, 0.05) is 18.5 Å². The zero-order valence-corrected chi connectivity index (χ0v) is 8.95. The summed E-state index contributed by atoms with van der Waals surface area (Å²) >= 11 is 0. The first kappa shape index (κ1) is 10.8. The van der Waals surface area contributed by atoms with E-state index < -0.39 is 0 Å². The second kappa shape index (κ2) is 4.84. The number of carbonyl (C=O) groups excluding carboxylic acids is 1. The molecule has 0 N–H and O–H groups in total. The van der Waals surface area contributed by atoms with Crippen LogP contribution < -0.4 is 0 Å². The van der Waals surface area contributed by atoms with E-state index in [2.05, 4.69) is 23.8 Å². The fraction of sp³-hybridized carbons (Fsp3) is 0.545. The van der Waals surface area contributed by atoms with Gasteiger partial charge in [-0.25, -0.2) is 9.97 Å². The van der Waals surface area contributed by atoms with Gasteiger partial charge >= 0.3 is 0 Å². The molecule has 0 unspecified atom stereocenters. The summed E-state index contributed by atoms with van der Waals surface area (Å²) < 4.78 is 0. The molecule has 1 heterocycles. The maximum atomic E-state index is 11.2. The summed E-state index contributed by atoms with van der Waals surface area (Å²) in [5.74, 6) is 0.604. The first-order chi connectivity index (χ1) is 6.63. The normalized spacial score (nSPS) is 10.6. The number of hydrogen-bond acceptors (Lipinski definition) is 3. The van der Waals surface area contributed by atoms with Crippen molar-refractivity contribution in [2.75, 3.05) is 0 Å². The number of nitrogens with zero attached hydrogens (tertiary/aromatic N) is 2. The highest BCUT2D eigenvalue weighted by Gasteiger charge is 2.05. The first-order valence-corrected chi connectivity index (χ1v) is 4.96. The Morgan fingerprint density at radius 1 is 1.43 bits per heavy atom. The Bertz CT molecular complexity index is 321. The van der Waals surface area contributed by atoms with Gasteiger partial charge in [-0.1, -0.05) is 20.8 Å². The third kappa shape index (κ3) is 2.91. The zero-order chi connectivity index (χ0) is 10.6. The highest BCUT2D eigenvalue weighted by atomic mass is 16.1. The lowest BCUT2D eigenvalue weighted by Crippen LogP contribution is -2.04. The average molecular weight is 192 g/mol. The monoisotopic (exact) mass is 192 g/mol. The van der Waals surface area contributed by atoms with Gasteiger partial charge in [-0.2, -0.15) is 0 Å². The van der Waals surface area contributed by atoms with Crippen molar-refractivity contribution in [2.24, 2.45) is 0 Å². The largest absolute Gasteiger partial charge is 0.299 e. The molecule has 1 aromatic heterocycles. The van der Waals surface area contributed by atoms with E-state index in [0.717, 1.165) is 11.4 Å². The lowest BCUT2D eigenvalue weighted by atomic mass is 10.1. The lowest BCUT2D eigenvalue weighted by molar-refractivity contribution is -0.118. The first-order valence-electron chi connectivity index (χ1n) is 4.96. The molecule has 1 rings (SSSR count). The molecule has 14 heavy (non-hydrogen) atoms. The summed E-state index contributed by atoms with van der Waals surface area (Å²) in [4.78, 5) is 19.4. The van der Waals surface area contributed by atoms with Crippen molar-refractivity contribution in [3.05, 3.63) is 23.8 Å². The zero-order valence-electron chi connectivity index (χ0n) is 8.95. The van der Waals surface area contributed by atoms with Crippen LogP contribution in [-0.2, 0) is 11.2 Å². The van der Waals surface area contributed by atoms with Crippen LogP contribution in [0.3, 0.4) is 0 Å². The lowest BCUT2D eigenvalue weighted by Gasteiger charge is -2.05. The molecule has 1 aromatic rings.